The molecule has 1 aromatic rings. The summed E-state index contributed by atoms with van der Waals surface area (Å²) in [7, 11) is -0.579. The fraction of sp³-hybridized carbons (Fsp3) is 0.600. The van der Waals surface area contributed by atoms with Crippen LogP contribution in [0, 0.1) is 0 Å². The second kappa shape index (κ2) is 9.84. The largest absolute Gasteiger partial charge is 0.466 e. The van der Waals surface area contributed by atoms with E-state index < -0.39 is 8.32 Å². The summed E-state index contributed by atoms with van der Waals surface area (Å²) < 4.78 is 17.2. The molecule has 0 saturated heterocycles. The van der Waals surface area contributed by atoms with Crippen LogP contribution in [0.15, 0.2) is 16.6 Å². The first kappa shape index (κ1) is 23.9. The van der Waals surface area contributed by atoms with Crippen molar-refractivity contribution in [1.82, 2.24) is 0 Å². The molecule has 0 amide bonds. The number of aryl methyl sites for hydroxylation is 1. The van der Waals surface area contributed by atoms with Crippen molar-refractivity contribution in [3.8, 4) is 0 Å². The fourth-order valence-corrected chi connectivity index (χ4v) is 3.86. The van der Waals surface area contributed by atoms with Crippen molar-refractivity contribution >= 4 is 36.2 Å². The number of methoxy groups -OCH3 is 1. The van der Waals surface area contributed by atoms with Gasteiger partial charge >= 0.3 is 11.9 Å². The first-order chi connectivity index (χ1) is 12.4. The van der Waals surface area contributed by atoms with Gasteiger partial charge in [0.15, 0.2) is 8.32 Å². The van der Waals surface area contributed by atoms with Gasteiger partial charge in [0.05, 0.1) is 25.9 Å². The van der Waals surface area contributed by atoms with E-state index in [1.807, 2.05) is 12.1 Å². The van der Waals surface area contributed by atoms with Gasteiger partial charge in [-0.2, -0.15) is 0 Å². The summed E-state index contributed by atoms with van der Waals surface area (Å²) in [5.41, 5.74) is 2.21. The van der Waals surface area contributed by atoms with Crippen LogP contribution in [0.25, 0.3) is 0 Å². The van der Waals surface area contributed by atoms with Crippen molar-refractivity contribution in [3.63, 3.8) is 0 Å². The smallest absolute Gasteiger partial charge is 0.338 e. The Morgan fingerprint density at radius 2 is 1.74 bits per heavy atom. The number of rotatable bonds is 8. The zero-order valence-electron chi connectivity index (χ0n) is 17.4. The van der Waals surface area contributed by atoms with Gasteiger partial charge in [-0.3, -0.25) is 4.79 Å². The molecule has 0 saturated carbocycles. The maximum Gasteiger partial charge on any atom is 0.338 e. The van der Waals surface area contributed by atoms with Gasteiger partial charge in [-0.15, -0.1) is 0 Å². The van der Waals surface area contributed by atoms with Gasteiger partial charge in [-0.1, -0.05) is 36.7 Å². The second-order valence-electron chi connectivity index (χ2n) is 8.08. The second-order valence-corrected chi connectivity index (χ2v) is 13.8. The van der Waals surface area contributed by atoms with Crippen molar-refractivity contribution in [3.05, 3.63) is 33.3 Å². The van der Waals surface area contributed by atoms with Crippen LogP contribution in [0.2, 0.25) is 18.1 Å². The summed E-state index contributed by atoms with van der Waals surface area (Å²) in [5.74, 6) is -0.681. The predicted octanol–water partition coefficient (Wildman–Crippen LogP) is 5.25. The van der Waals surface area contributed by atoms with Crippen molar-refractivity contribution < 1.29 is 23.5 Å². The summed E-state index contributed by atoms with van der Waals surface area (Å²) in [6, 6.07) is 3.82. The van der Waals surface area contributed by atoms with E-state index in [4.69, 9.17) is 13.9 Å². The monoisotopic (exact) mass is 458 g/mol. The fourth-order valence-electron chi connectivity index (χ4n) is 2.35. The highest BCUT2D eigenvalue weighted by molar-refractivity contribution is 9.10. The van der Waals surface area contributed by atoms with Crippen LogP contribution < -0.4 is 0 Å². The SMILES string of the molecule is COC(=O)c1c(CCCOC(C)=O)cc(Br)cc1CO[Si](C)(C)C(C)(C)C. The molecule has 0 spiro atoms. The first-order valence-corrected chi connectivity index (χ1v) is 12.8. The van der Waals surface area contributed by atoms with Gasteiger partial charge < -0.3 is 13.9 Å². The minimum Gasteiger partial charge on any atom is -0.466 e. The molecule has 0 aromatic heterocycles. The number of hydrogen-bond donors (Lipinski definition) is 0. The first-order valence-electron chi connectivity index (χ1n) is 9.06. The normalized spacial score (nSPS) is 12.0. The third-order valence-electron chi connectivity index (χ3n) is 4.95. The Balaban J connectivity index is 3.11. The number of esters is 2. The standard InChI is InChI=1S/C20H31BrO5Si/c1-14(22)25-10-8-9-15-11-17(21)12-16(18(15)19(23)24-5)13-26-27(6,7)20(2,3)4/h11-12H,8-10,13H2,1-7H3. The zero-order valence-corrected chi connectivity index (χ0v) is 20.0. The summed E-state index contributed by atoms with van der Waals surface area (Å²) >= 11 is 3.53. The van der Waals surface area contributed by atoms with Crippen molar-refractivity contribution in [2.75, 3.05) is 13.7 Å². The molecule has 1 rings (SSSR count). The summed E-state index contributed by atoms with van der Waals surface area (Å²) in [4.78, 5) is 23.4. The Morgan fingerprint density at radius 3 is 2.26 bits per heavy atom. The van der Waals surface area contributed by atoms with Gasteiger partial charge in [-0.05, 0) is 54.2 Å². The highest BCUT2D eigenvalue weighted by Gasteiger charge is 2.37. The lowest BCUT2D eigenvalue weighted by molar-refractivity contribution is -0.141. The third kappa shape index (κ3) is 7.05. The van der Waals surface area contributed by atoms with Crippen molar-refractivity contribution in [2.45, 2.75) is 65.3 Å². The molecule has 1 aromatic carbocycles. The molecule has 0 aliphatic rings. The molecule has 0 aliphatic heterocycles. The van der Waals surface area contributed by atoms with Crippen LogP contribution in [0.5, 0.6) is 0 Å². The van der Waals surface area contributed by atoms with Gasteiger partial charge in [0.1, 0.15) is 0 Å². The molecule has 7 heteroatoms. The average molecular weight is 459 g/mol. The molecular formula is C20H31BrO5Si. The number of carbonyl (C=O) groups excluding carboxylic acids is 2. The number of ether oxygens (including phenoxy) is 2. The van der Waals surface area contributed by atoms with E-state index in [0.717, 1.165) is 15.6 Å². The lowest BCUT2D eigenvalue weighted by Crippen LogP contribution is -2.40. The van der Waals surface area contributed by atoms with Crippen LogP contribution >= 0.6 is 15.9 Å². The summed E-state index contributed by atoms with van der Waals surface area (Å²) in [5, 5.41) is 0.0807. The molecule has 0 fully saturated rings. The van der Waals surface area contributed by atoms with Crippen molar-refractivity contribution in [2.24, 2.45) is 0 Å². The quantitative estimate of drug-likeness (QED) is 0.302. The lowest BCUT2D eigenvalue weighted by atomic mass is 9.98. The van der Waals surface area contributed by atoms with Gasteiger partial charge in [0, 0.05) is 11.4 Å². The zero-order chi connectivity index (χ0) is 20.8. The van der Waals surface area contributed by atoms with Crippen LogP contribution in [-0.2, 0) is 31.7 Å². The highest BCUT2D eigenvalue weighted by Crippen LogP contribution is 2.37. The Hall–Kier alpha value is -1.18. The van der Waals surface area contributed by atoms with E-state index in [2.05, 4.69) is 49.8 Å². The molecule has 27 heavy (non-hydrogen) atoms. The van der Waals surface area contributed by atoms with E-state index in [0.29, 0.717) is 31.6 Å². The molecule has 0 bridgehead atoms. The maximum absolute atomic E-state index is 12.5. The molecule has 0 aliphatic carbocycles. The van der Waals surface area contributed by atoms with Crippen LogP contribution in [-0.4, -0.2) is 34.0 Å². The van der Waals surface area contributed by atoms with Crippen LogP contribution in [0.1, 0.15) is 55.6 Å². The lowest BCUT2D eigenvalue weighted by Gasteiger charge is -2.36. The molecule has 0 atom stereocenters. The van der Waals surface area contributed by atoms with Crippen molar-refractivity contribution in [1.29, 1.82) is 0 Å². The third-order valence-corrected chi connectivity index (χ3v) is 9.88. The molecule has 0 N–H and O–H groups in total. The van der Waals surface area contributed by atoms with Gasteiger partial charge in [-0.25, -0.2) is 4.79 Å². The Labute approximate surface area is 172 Å². The molecular weight excluding hydrogens is 428 g/mol. The highest BCUT2D eigenvalue weighted by atomic mass is 79.9. The molecule has 0 heterocycles. The van der Waals surface area contributed by atoms with E-state index >= 15 is 0 Å². The minimum absolute atomic E-state index is 0.0807. The Bertz CT molecular complexity index is 680. The van der Waals surface area contributed by atoms with Gasteiger partial charge in [0.2, 0.25) is 0 Å². The predicted molar refractivity (Wildman–Crippen MR) is 112 cm³/mol. The maximum atomic E-state index is 12.5. The van der Waals surface area contributed by atoms with E-state index in [9.17, 15) is 9.59 Å². The molecule has 152 valence electrons. The number of halogens is 1. The van der Waals surface area contributed by atoms with E-state index in [1.54, 1.807) is 0 Å². The molecule has 5 nitrogen and oxygen atoms in total. The number of benzene rings is 1. The summed E-state index contributed by atoms with van der Waals surface area (Å²) in [6.45, 7) is 13.0. The number of carbonyl (C=O) groups is 2. The van der Waals surface area contributed by atoms with Gasteiger partial charge in [0.25, 0.3) is 0 Å². The molecule has 0 radical (unpaired) electrons. The topological polar surface area (TPSA) is 61.8 Å². The Kier molecular flexibility index (Phi) is 8.70. The average Bonchev–Trinajstić information content (AvgIpc) is 2.54. The molecule has 0 unspecified atom stereocenters. The Morgan fingerprint density at radius 1 is 1.15 bits per heavy atom. The number of hydrogen-bond acceptors (Lipinski definition) is 5. The summed E-state index contributed by atoms with van der Waals surface area (Å²) in [6.07, 6.45) is 1.23. The van der Waals surface area contributed by atoms with E-state index in [-0.39, 0.29) is 17.0 Å². The minimum atomic E-state index is -1.96. The van der Waals surface area contributed by atoms with Crippen LogP contribution in [0.4, 0.5) is 0 Å². The van der Waals surface area contributed by atoms with Crippen LogP contribution in [0.3, 0.4) is 0 Å². The van der Waals surface area contributed by atoms with E-state index in [1.165, 1.54) is 14.0 Å².